The predicted octanol–water partition coefficient (Wildman–Crippen LogP) is 0.863. The van der Waals surface area contributed by atoms with Gasteiger partial charge in [-0.3, -0.25) is 9.59 Å². The molecule has 0 aliphatic heterocycles. The van der Waals surface area contributed by atoms with Crippen LogP contribution in [0.5, 0.6) is 0 Å². The van der Waals surface area contributed by atoms with Crippen LogP contribution in [0.4, 0.5) is 4.39 Å². The van der Waals surface area contributed by atoms with E-state index in [4.69, 9.17) is 5.73 Å². The summed E-state index contributed by atoms with van der Waals surface area (Å²) >= 11 is 0. The summed E-state index contributed by atoms with van der Waals surface area (Å²) in [6.07, 6.45) is 2.33. The Balaban J connectivity index is 1.76. The molecule has 0 aliphatic rings. The SMILES string of the molecule is CN(Cc1nc2ccc(F)cc2[nH]1)C(=O)c1cnc(C(N)=O)cn1. The van der Waals surface area contributed by atoms with E-state index >= 15 is 0 Å². The molecule has 3 rings (SSSR count). The summed E-state index contributed by atoms with van der Waals surface area (Å²) in [6, 6.07) is 4.21. The number of aromatic amines is 1. The van der Waals surface area contributed by atoms with E-state index in [1.165, 1.54) is 23.2 Å². The largest absolute Gasteiger partial charge is 0.364 e. The normalized spacial score (nSPS) is 10.8. The Hall–Kier alpha value is -3.36. The highest BCUT2D eigenvalue weighted by Crippen LogP contribution is 2.14. The molecule has 1 aromatic carbocycles. The van der Waals surface area contributed by atoms with E-state index in [1.54, 1.807) is 13.1 Å². The molecule has 0 saturated carbocycles. The first-order chi connectivity index (χ1) is 11.4. The molecule has 0 spiro atoms. The number of nitrogens with one attached hydrogen (secondary N) is 1. The quantitative estimate of drug-likeness (QED) is 0.736. The Morgan fingerprint density at radius 3 is 2.62 bits per heavy atom. The van der Waals surface area contributed by atoms with Crippen LogP contribution >= 0.6 is 0 Å². The molecule has 0 atom stereocenters. The molecule has 2 aromatic heterocycles. The number of carbonyl (C=O) groups is 2. The van der Waals surface area contributed by atoms with Gasteiger partial charge in [0.1, 0.15) is 23.0 Å². The summed E-state index contributed by atoms with van der Waals surface area (Å²) in [5.74, 6) is -0.977. The summed E-state index contributed by atoms with van der Waals surface area (Å²) in [7, 11) is 1.57. The summed E-state index contributed by atoms with van der Waals surface area (Å²) in [6.45, 7) is 0.175. The van der Waals surface area contributed by atoms with Crippen LogP contribution in [0.25, 0.3) is 11.0 Å². The summed E-state index contributed by atoms with van der Waals surface area (Å²) in [4.78, 5) is 39.5. The van der Waals surface area contributed by atoms with Gasteiger partial charge in [0.25, 0.3) is 11.8 Å². The Labute approximate surface area is 135 Å². The van der Waals surface area contributed by atoms with Crippen LogP contribution in [0.15, 0.2) is 30.6 Å². The minimum Gasteiger partial charge on any atom is -0.364 e. The molecule has 0 unspecified atom stereocenters. The van der Waals surface area contributed by atoms with Gasteiger partial charge in [0.2, 0.25) is 0 Å². The van der Waals surface area contributed by atoms with Crippen LogP contribution in [0.1, 0.15) is 26.8 Å². The van der Waals surface area contributed by atoms with E-state index in [0.29, 0.717) is 16.9 Å². The van der Waals surface area contributed by atoms with Crippen LogP contribution in [-0.2, 0) is 6.54 Å². The standard InChI is InChI=1S/C15H13FN6O2/c1-22(15(24)12-6-18-11(5-19-12)14(17)23)7-13-20-9-3-2-8(16)4-10(9)21-13/h2-6H,7H2,1H3,(H2,17,23)(H,20,21). The molecular formula is C15H13FN6O2. The minimum absolute atomic E-state index is 0.0199. The van der Waals surface area contributed by atoms with Gasteiger partial charge in [-0.15, -0.1) is 0 Å². The number of aromatic nitrogens is 4. The molecule has 0 bridgehead atoms. The number of benzene rings is 1. The smallest absolute Gasteiger partial charge is 0.274 e. The van der Waals surface area contributed by atoms with Crippen molar-refractivity contribution in [3.05, 3.63) is 53.6 Å². The van der Waals surface area contributed by atoms with Gasteiger partial charge >= 0.3 is 0 Å². The average Bonchev–Trinajstić information content (AvgIpc) is 2.95. The van der Waals surface area contributed by atoms with Crippen molar-refractivity contribution in [2.45, 2.75) is 6.54 Å². The second-order valence-corrected chi connectivity index (χ2v) is 5.16. The number of hydrogen-bond acceptors (Lipinski definition) is 5. The van der Waals surface area contributed by atoms with Crippen molar-refractivity contribution in [2.24, 2.45) is 5.73 Å². The zero-order chi connectivity index (χ0) is 17.3. The van der Waals surface area contributed by atoms with Crippen LogP contribution in [0, 0.1) is 5.82 Å². The fourth-order valence-corrected chi connectivity index (χ4v) is 2.17. The van der Waals surface area contributed by atoms with Crippen molar-refractivity contribution in [1.82, 2.24) is 24.8 Å². The van der Waals surface area contributed by atoms with Gasteiger partial charge in [0.05, 0.1) is 30.0 Å². The van der Waals surface area contributed by atoms with Gasteiger partial charge in [0, 0.05) is 7.05 Å². The molecule has 0 radical (unpaired) electrons. The number of amides is 2. The number of H-pyrrole nitrogens is 1. The molecule has 0 aliphatic carbocycles. The number of hydrogen-bond donors (Lipinski definition) is 2. The number of nitrogens with zero attached hydrogens (tertiary/aromatic N) is 4. The predicted molar refractivity (Wildman–Crippen MR) is 82.4 cm³/mol. The monoisotopic (exact) mass is 328 g/mol. The van der Waals surface area contributed by atoms with Crippen LogP contribution < -0.4 is 5.73 Å². The topological polar surface area (TPSA) is 118 Å². The zero-order valence-corrected chi connectivity index (χ0v) is 12.7. The van der Waals surface area contributed by atoms with E-state index in [9.17, 15) is 14.0 Å². The molecule has 3 N–H and O–H groups in total. The van der Waals surface area contributed by atoms with Gasteiger partial charge in [-0.2, -0.15) is 0 Å². The molecule has 24 heavy (non-hydrogen) atoms. The molecule has 2 heterocycles. The van der Waals surface area contributed by atoms with Crippen molar-refractivity contribution in [3.63, 3.8) is 0 Å². The summed E-state index contributed by atoms with van der Waals surface area (Å²) in [5, 5.41) is 0. The lowest BCUT2D eigenvalue weighted by molar-refractivity contribution is 0.0774. The van der Waals surface area contributed by atoms with E-state index in [2.05, 4.69) is 19.9 Å². The van der Waals surface area contributed by atoms with E-state index in [1.807, 2.05) is 0 Å². The van der Waals surface area contributed by atoms with Crippen LogP contribution in [-0.4, -0.2) is 43.7 Å². The lowest BCUT2D eigenvalue weighted by Crippen LogP contribution is -2.28. The highest BCUT2D eigenvalue weighted by molar-refractivity contribution is 5.93. The Kier molecular flexibility index (Phi) is 3.90. The summed E-state index contributed by atoms with van der Waals surface area (Å²) < 4.78 is 13.2. The van der Waals surface area contributed by atoms with Crippen molar-refractivity contribution < 1.29 is 14.0 Å². The van der Waals surface area contributed by atoms with E-state index in [0.717, 1.165) is 6.20 Å². The highest BCUT2D eigenvalue weighted by atomic mass is 19.1. The van der Waals surface area contributed by atoms with Gasteiger partial charge in [-0.05, 0) is 18.2 Å². The maximum Gasteiger partial charge on any atom is 0.274 e. The zero-order valence-electron chi connectivity index (χ0n) is 12.7. The fraction of sp³-hybridized carbons (Fsp3) is 0.133. The van der Waals surface area contributed by atoms with Crippen molar-refractivity contribution in [2.75, 3.05) is 7.05 Å². The van der Waals surface area contributed by atoms with Gasteiger partial charge in [-0.25, -0.2) is 19.3 Å². The van der Waals surface area contributed by atoms with Gasteiger partial charge in [0.15, 0.2) is 0 Å². The number of primary amides is 1. The van der Waals surface area contributed by atoms with E-state index < -0.39 is 11.8 Å². The van der Waals surface area contributed by atoms with Crippen LogP contribution in [0.3, 0.4) is 0 Å². The second kappa shape index (κ2) is 6.03. The molecule has 8 nitrogen and oxygen atoms in total. The molecule has 2 amide bonds. The second-order valence-electron chi connectivity index (χ2n) is 5.16. The fourth-order valence-electron chi connectivity index (χ4n) is 2.17. The van der Waals surface area contributed by atoms with Crippen molar-refractivity contribution in [1.29, 1.82) is 0 Å². The van der Waals surface area contributed by atoms with Crippen LogP contribution in [0.2, 0.25) is 0 Å². The highest BCUT2D eigenvalue weighted by Gasteiger charge is 2.16. The third-order valence-corrected chi connectivity index (χ3v) is 3.35. The Bertz CT molecular complexity index is 921. The molecule has 0 saturated heterocycles. The lowest BCUT2D eigenvalue weighted by atomic mass is 10.3. The molecular weight excluding hydrogens is 315 g/mol. The number of fused-ring (bicyclic) bond motifs is 1. The minimum atomic E-state index is -0.718. The van der Waals surface area contributed by atoms with Crippen molar-refractivity contribution >= 4 is 22.8 Å². The number of carbonyl (C=O) groups excluding carboxylic acids is 2. The molecule has 9 heteroatoms. The Morgan fingerprint density at radius 1 is 1.25 bits per heavy atom. The first kappa shape index (κ1) is 15.5. The van der Waals surface area contributed by atoms with E-state index in [-0.39, 0.29) is 23.7 Å². The third kappa shape index (κ3) is 3.05. The van der Waals surface area contributed by atoms with Crippen molar-refractivity contribution in [3.8, 4) is 0 Å². The molecule has 3 aromatic rings. The van der Waals surface area contributed by atoms with Gasteiger partial charge < -0.3 is 15.6 Å². The first-order valence-electron chi connectivity index (χ1n) is 6.95. The maximum atomic E-state index is 13.2. The number of rotatable bonds is 4. The Morgan fingerprint density at radius 2 is 1.96 bits per heavy atom. The molecule has 0 fully saturated rings. The molecule has 122 valence electrons. The van der Waals surface area contributed by atoms with Gasteiger partial charge in [-0.1, -0.05) is 0 Å². The first-order valence-corrected chi connectivity index (χ1v) is 6.95. The summed E-state index contributed by atoms with van der Waals surface area (Å²) in [5.41, 5.74) is 6.29. The number of imidazole rings is 1. The number of halogens is 1. The number of nitrogens with two attached hydrogens (primary N) is 1. The maximum absolute atomic E-state index is 13.2. The lowest BCUT2D eigenvalue weighted by Gasteiger charge is -2.14. The third-order valence-electron chi connectivity index (χ3n) is 3.35. The average molecular weight is 328 g/mol.